The molecule has 0 atom stereocenters. The second kappa shape index (κ2) is 9.86. The minimum absolute atomic E-state index is 0.116. The summed E-state index contributed by atoms with van der Waals surface area (Å²) in [4.78, 5) is 46.9. The fourth-order valence-corrected chi connectivity index (χ4v) is 1.69. The van der Waals surface area contributed by atoms with Crippen LogP contribution in [0.15, 0.2) is 30.3 Å². The second-order valence-electron chi connectivity index (χ2n) is 4.98. The molecule has 1 aromatic rings. The van der Waals surface area contributed by atoms with Crippen LogP contribution in [0, 0.1) is 0 Å². The fraction of sp³-hybridized carbons (Fsp3) is 0.294. The third kappa shape index (κ3) is 6.86. The number of esters is 2. The van der Waals surface area contributed by atoms with Gasteiger partial charge in [-0.1, -0.05) is 12.1 Å². The van der Waals surface area contributed by atoms with Gasteiger partial charge in [-0.15, -0.1) is 0 Å². The molecule has 0 aliphatic rings. The van der Waals surface area contributed by atoms with Gasteiger partial charge < -0.3 is 19.7 Å². The highest BCUT2D eigenvalue weighted by Crippen LogP contribution is 2.07. The summed E-state index contributed by atoms with van der Waals surface area (Å²) in [5.74, 6) is -1.96. The van der Waals surface area contributed by atoms with E-state index in [1.165, 1.54) is 33.4 Å². The highest BCUT2D eigenvalue weighted by atomic mass is 16.5. The first-order valence-electron chi connectivity index (χ1n) is 7.35. The van der Waals surface area contributed by atoms with E-state index in [9.17, 15) is 19.2 Å². The Hall–Kier alpha value is -3.16. The Bertz CT molecular complexity index is 666. The number of carbonyl (C=O) groups excluding carboxylic acids is 4. The standard InChI is InChI=1S/C17H20N2O6/c1-18-14(20)10-19(2)15(21)11-25-16(22)9-6-12-4-7-13(8-5-12)17(23)24-3/h4-9H,10-11H2,1-3H3,(H,18,20)/b9-6+. The molecule has 0 unspecified atom stereocenters. The Morgan fingerprint density at radius 2 is 1.80 bits per heavy atom. The van der Waals surface area contributed by atoms with Crippen molar-refractivity contribution in [1.29, 1.82) is 0 Å². The van der Waals surface area contributed by atoms with Crippen LogP contribution in [0.4, 0.5) is 0 Å². The van der Waals surface area contributed by atoms with Gasteiger partial charge in [0, 0.05) is 20.2 Å². The number of ether oxygens (including phenoxy) is 2. The first kappa shape index (κ1) is 19.9. The first-order valence-corrected chi connectivity index (χ1v) is 7.35. The number of nitrogens with zero attached hydrogens (tertiary/aromatic N) is 1. The average Bonchev–Trinajstić information content (AvgIpc) is 2.63. The van der Waals surface area contributed by atoms with E-state index in [4.69, 9.17) is 4.74 Å². The minimum atomic E-state index is -0.696. The van der Waals surface area contributed by atoms with Crippen LogP contribution in [0.2, 0.25) is 0 Å². The van der Waals surface area contributed by atoms with Crippen molar-refractivity contribution in [1.82, 2.24) is 10.2 Å². The molecule has 0 spiro atoms. The van der Waals surface area contributed by atoms with Crippen LogP contribution >= 0.6 is 0 Å². The largest absolute Gasteiger partial charge is 0.465 e. The van der Waals surface area contributed by atoms with E-state index in [0.29, 0.717) is 11.1 Å². The van der Waals surface area contributed by atoms with Crippen molar-refractivity contribution in [3.05, 3.63) is 41.5 Å². The molecule has 2 amide bonds. The molecule has 134 valence electrons. The van der Waals surface area contributed by atoms with Crippen molar-refractivity contribution >= 4 is 29.8 Å². The summed E-state index contributed by atoms with van der Waals surface area (Å²) in [6.07, 6.45) is 2.65. The molecule has 0 aromatic heterocycles. The summed E-state index contributed by atoms with van der Waals surface area (Å²) in [5, 5.41) is 2.39. The maximum atomic E-state index is 11.7. The van der Waals surface area contributed by atoms with Crippen molar-refractivity contribution in [2.75, 3.05) is 34.4 Å². The number of likely N-dealkylation sites (N-methyl/N-ethyl adjacent to an activating group) is 2. The molecule has 0 radical (unpaired) electrons. The zero-order chi connectivity index (χ0) is 18.8. The zero-order valence-corrected chi connectivity index (χ0v) is 14.3. The predicted octanol–water partition coefficient (Wildman–Crippen LogP) is 0.234. The van der Waals surface area contributed by atoms with Gasteiger partial charge in [0.05, 0.1) is 19.2 Å². The van der Waals surface area contributed by atoms with Crippen LogP contribution in [-0.4, -0.2) is 63.0 Å². The number of methoxy groups -OCH3 is 1. The molecule has 8 heteroatoms. The zero-order valence-electron chi connectivity index (χ0n) is 14.3. The van der Waals surface area contributed by atoms with E-state index in [-0.39, 0.29) is 12.5 Å². The summed E-state index contributed by atoms with van der Waals surface area (Å²) in [5.41, 5.74) is 1.07. The molecule has 0 fully saturated rings. The number of hydrogen-bond donors (Lipinski definition) is 1. The van der Waals surface area contributed by atoms with Crippen molar-refractivity contribution < 1.29 is 28.7 Å². The van der Waals surface area contributed by atoms with E-state index in [0.717, 1.165) is 4.90 Å². The van der Waals surface area contributed by atoms with Crippen molar-refractivity contribution in [2.24, 2.45) is 0 Å². The summed E-state index contributed by atoms with van der Waals surface area (Å²) < 4.78 is 9.41. The topological polar surface area (TPSA) is 102 Å². The number of benzene rings is 1. The SMILES string of the molecule is CNC(=O)CN(C)C(=O)COC(=O)/C=C/c1ccc(C(=O)OC)cc1. The van der Waals surface area contributed by atoms with Crippen LogP contribution in [0.5, 0.6) is 0 Å². The normalized spacial score (nSPS) is 10.2. The highest BCUT2D eigenvalue weighted by molar-refractivity contribution is 5.91. The molecular weight excluding hydrogens is 328 g/mol. The second-order valence-corrected chi connectivity index (χ2v) is 4.98. The lowest BCUT2D eigenvalue weighted by Gasteiger charge is -2.15. The number of rotatable bonds is 7. The van der Waals surface area contributed by atoms with Crippen molar-refractivity contribution in [3.8, 4) is 0 Å². The van der Waals surface area contributed by atoms with Crippen LogP contribution in [0.25, 0.3) is 6.08 Å². The van der Waals surface area contributed by atoms with Gasteiger partial charge in [0.1, 0.15) is 0 Å². The number of nitrogens with one attached hydrogen (secondary N) is 1. The maximum absolute atomic E-state index is 11.7. The molecule has 0 aliphatic carbocycles. The van der Waals surface area contributed by atoms with Gasteiger partial charge in [0.2, 0.25) is 5.91 Å². The summed E-state index contributed by atoms with van der Waals surface area (Å²) in [7, 11) is 4.19. The Balaban J connectivity index is 2.48. The van der Waals surface area contributed by atoms with Crippen LogP contribution in [0.1, 0.15) is 15.9 Å². The summed E-state index contributed by atoms with van der Waals surface area (Å²) in [6.45, 7) is -0.576. The highest BCUT2D eigenvalue weighted by Gasteiger charge is 2.13. The summed E-state index contributed by atoms with van der Waals surface area (Å²) >= 11 is 0. The van der Waals surface area contributed by atoms with E-state index in [1.807, 2.05) is 0 Å². The molecule has 0 bridgehead atoms. The number of amides is 2. The molecule has 1 N–H and O–H groups in total. The van der Waals surface area contributed by atoms with E-state index < -0.39 is 24.5 Å². The Labute approximate surface area is 145 Å². The minimum Gasteiger partial charge on any atom is -0.465 e. The molecule has 0 heterocycles. The molecule has 0 aliphatic heterocycles. The lowest BCUT2D eigenvalue weighted by Crippen LogP contribution is -2.38. The first-order chi connectivity index (χ1) is 11.9. The van der Waals surface area contributed by atoms with E-state index in [2.05, 4.69) is 10.1 Å². The molecule has 0 saturated carbocycles. The van der Waals surface area contributed by atoms with Gasteiger partial charge in [-0.25, -0.2) is 9.59 Å². The fourth-order valence-electron chi connectivity index (χ4n) is 1.69. The molecule has 25 heavy (non-hydrogen) atoms. The maximum Gasteiger partial charge on any atom is 0.337 e. The molecule has 8 nitrogen and oxygen atoms in total. The van der Waals surface area contributed by atoms with Gasteiger partial charge in [0.25, 0.3) is 5.91 Å². The third-order valence-electron chi connectivity index (χ3n) is 3.17. The molecular formula is C17H20N2O6. The van der Waals surface area contributed by atoms with Gasteiger partial charge >= 0.3 is 11.9 Å². The quantitative estimate of drug-likeness (QED) is 0.559. The smallest absolute Gasteiger partial charge is 0.337 e. The Morgan fingerprint density at radius 1 is 1.16 bits per heavy atom. The van der Waals surface area contributed by atoms with Crippen LogP contribution < -0.4 is 5.32 Å². The van der Waals surface area contributed by atoms with Crippen molar-refractivity contribution in [2.45, 2.75) is 0 Å². The van der Waals surface area contributed by atoms with Gasteiger partial charge in [-0.05, 0) is 23.8 Å². The Kier molecular flexibility index (Phi) is 7.85. The van der Waals surface area contributed by atoms with E-state index in [1.54, 1.807) is 24.3 Å². The average molecular weight is 348 g/mol. The van der Waals surface area contributed by atoms with Gasteiger partial charge in [-0.2, -0.15) is 0 Å². The lowest BCUT2D eigenvalue weighted by atomic mass is 10.1. The molecule has 1 aromatic carbocycles. The lowest BCUT2D eigenvalue weighted by molar-refractivity contribution is -0.148. The Morgan fingerprint density at radius 3 is 2.36 bits per heavy atom. The summed E-state index contributed by atoms with van der Waals surface area (Å²) in [6, 6.07) is 6.40. The van der Waals surface area contributed by atoms with Gasteiger partial charge in [0.15, 0.2) is 6.61 Å². The number of hydrogen-bond acceptors (Lipinski definition) is 6. The van der Waals surface area contributed by atoms with Crippen LogP contribution in [0.3, 0.4) is 0 Å². The van der Waals surface area contributed by atoms with E-state index >= 15 is 0 Å². The number of carbonyl (C=O) groups is 4. The molecule has 0 saturated heterocycles. The van der Waals surface area contributed by atoms with Crippen LogP contribution in [-0.2, 0) is 23.9 Å². The molecule has 1 rings (SSSR count). The van der Waals surface area contributed by atoms with Crippen molar-refractivity contribution in [3.63, 3.8) is 0 Å². The third-order valence-corrected chi connectivity index (χ3v) is 3.17. The van der Waals surface area contributed by atoms with Gasteiger partial charge in [-0.3, -0.25) is 9.59 Å². The predicted molar refractivity (Wildman–Crippen MR) is 89.5 cm³/mol. The monoisotopic (exact) mass is 348 g/mol.